The van der Waals surface area contributed by atoms with E-state index in [0.717, 1.165) is 6.42 Å². The minimum atomic E-state index is -0.221. The summed E-state index contributed by atoms with van der Waals surface area (Å²) in [6, 6.07) is 0. The molecule has 0 aromatic rings. The van der Waals surface area contributed by atoms with Gasteiger partial charge in [-0.25, -0.2) is 0 Å². The van der Waals surface area contributed by atoms with Crippen LogP contribution in [-0.2, 0) is 9.53 Å². The number of esters is 1. The molecule has 1 aliphatic carbocycles. The Morgan fingerprint density at radius 1 is 1.50 bits per heavy atom. The summed E-state index contributed by atoms with van der Waals surface area (Å²) in [6.45, 7) is 10.3. The van der Waals surface area contributed by atoms with Crippen molar-refractivity contribution in [1.29, 1.82) is 0 Å². The van der Waals surface area contributed by atoms with Gasteiger partial charge in [0.05, 0.1) is 0 Å². The fourth-order valence-electron chi connectivity index (χ4n) is 2.77. The predicted molar refractivity (Wildman–Crippen MR) is 56.9 cm³/mol. The number of ether oxygens (including phenoxy) is 1. The van der Waals surface area contributed by atoms with Crippen molar-refractivity contribution in [2.45, 2.75) is 53.1 Å². The van der Waals surface area contributed by atoms with E-state index in [-0.39, 0.29) is 11.6 Å². The van der Waals surface area contributed by atoms with Gasteiger partial charge in [0.2, 0.25) is 0 Å². The first-order chi connectivity index (χ1) is 6.37. The van der Waals surface area contributed by atoms with Gasteiger partial charge in [-0.3, -0.25) is 4.79 Å². The first-order valence-corrected chi connectivity index (χ1v) is 5.56. The topological polar surface area (TPSA) is 26.3 Å². The molecule has 0 radical (unpaired) electrons. The van der Waals surface area contributed by atoms with Crippen LogP contribution in [0.15, 0.2) is 0 Å². The Hall–Kier alpha value is -0.530. The summed E-state index contributed by atoms with van der Waals surface area (Å²) >= 11 is 0. The fourth-order valence-corrected chi connectivity index (χ4v) is 2.77. The van der Waals surface area contributed by atoms with Gasteiger partial charge in [0.25, 0.3) is 0 Å². The van der Waals surface area contributed by atoms with Crippen molar-refractivity contribution in [3.63, 3.8) is 0 Å². The minimum absolute atomic E-state index is 0.149. The standard InChI is InChI=1S/C12H22O2/c1-8(2)11-6-7-12(5,9(11)3)14-10(4)13/h8-9,11H,6-7H2,1-5H3. The van der Waals surface area contributed by atoms with Crippen molar-refractivity contribution in [3.8, 4) is 0 Å². The molecule has 3 atom stereocenters. The van der Waals surface area contributed by atoms with Gasteiger partial charge in [-0.2, -0.15) is 0 Å². The summed E-state index contributed by atoms with van der Waals surface area (Å²) in [7, 11) is 0. The lowest BCUT2D eigenvalue weighted by Gasteiger charge is -2.32. The van der Waals surface area contributed by atoms with Gasteiger partial charge < -0.3 is 4.74 Å². The molecule has 2 nitrogen and oxygen atoms in total. The molecule has 82 valence electrons. The number of carbonyl (C=O) groups is 1. The first kappa shape index (κ1) is 11.5. The molecule has 0 amide bonds. The minimum Gasteiger partial charge on any atom is -0.459 e. The Bertz CT molecular complexity index is 222. The first-order valence-electron chi connectivity index (χ1n) is 5.56. The van der Waals surface area contributed by atoms with Gasteiger partial charge in [0, 0.05) is 6.92 Å². The van der Waals surface area contributed by atoms with Crippen LogP contribution in [0.4, 0.5) is 0 Å². The quantitative estimate of drug-likeness (QED) is 0.637. The van der Waals surface area contributed by atoms with E-state index in [1.807, 2.05) is 0 Å². The summed E-state index contributed by atoms with van der Waals surface area (Å²) in [4.78, 5) is 11.0. The molecular weight excluding hydrogens is 176 g/mol. The van der Waals surface area contributed by atoms with Crippen LogP contribution in [0.25, 0.3) is 0 Å². The molecule has 3 unspecified atom stereocenters. The lowest BCUT2D eigenvalue weighted by molar-refractivity contribution is -0.159. The van der Waals surface area contributed by atoms with Crippen LogP contribution < -0.4 is 0 Å². The lowest BCUT2D eigenvalue weighted by atomic mass is 9.82. The van der Waals surface area contributed by atoms with Gasteiger partial charge in [0.15, 0.2) is 0 Å². The van der Waals surface area contributed by atoms with E-state index in [1.54, 1.807) is 0 Å². The Balaban J connectivity index is 2.70. The van der Waals surface area contributed by atoms with Crippen LogP contribution in [0.5, 0.6) is 0 Å². The van der Waals surface area contributed by atoms with E-state index >= 15 is 0 Å². The molecule has 14 heavy (non-hydrogen) atoms. The molecule has 0 aliphatic heterocycles. The summed E-state index contributed by atoms with van der Waals surface area (Å²) in [5.74, 6) is 1.71. The van der Waals surface area contributed by atoms with Crippen LogP contribution in [-0.4, -0.2) is 11.6 Å². The molecule has 0 saturated heterocycles. The van der Waals surface area contributed by atoms with Crippen molar-refractivity contribution in [1.82, 2.24) is 0 Å². The van der Waals surface area contributed by atoms with Gasteiger partial charge >= 0.3 is 5.97 Å². The number of carbonyl (C=O) groups excluding carboxylic acids is 1. The normalized spacial score (nSPS) is 37.6. The summed E-state index contributed by atoms with van der Waals surface area (Å²) in [6.07, 6.45) is 2.19. The second-order valence-electron chi connectivity index (χ2n) is 5.14. The Kier molecular flexibility index (Phi) is 3.23. The third-order valence-corrected chi connectivity index (χ3v) is 3.81. The maximum absolute atomic E-state index is 11.0. The largest absolute Gasteiger partial charge is 0.459 e. The monoisotopic (exact) mass is 198 g/mol. The summed E-state index contributed by atoms with van der Waals surface area (Å²) in [5.41, 5.74) is -0.221. The molecule has 0 heterocycles. The van der Waals surface area contributed by atoms with Crippen LogP contribution in [0.3, 0.4) is 0 Å². The zero-order valence-corrected chi connectivity index (χ0v) is 9.96. The maximum atomic E-state index is 11.0. The highest BCUT2D eigenvalue weighted by atomic mass is 16.6. The van der Waals surface area contributed by atoms with E-state index in [4.69, 9.17) is 4.74 Å². The van der Waals surface area contributed by atoms with Crippen molar-refractivity contribution in [2.75, 3.05) is 0 Å². The van der Waals surface area contributed by atoms with E-state index in [9.17, 15) is 4.79 Å². The van der Waals surface area contributed by atoms with Crippen LogP contribution in [0, 0.1) is 17.8 Å². The number of hydrogen-bond acceptors (Lipinski definition) is 2. The number of hydrogen-bond donors (Lipinski definition) is 0. The molecular formula is C12H22O2. The predicted octanol–water partition coefficient (Wildman–Crippen LogP) is 3.01. The van der Waals surface area contributed by atoms with Gasteiger partial charge in [-0.05, 0) is 37.5 Å². The van der Waals surface area contributed by atoms with E-state index in [0.29, 0.717) is 17.8 Å². The Morgan fingerprint density at radius 3 is 2.43 bits per heavy atom. The third-order valence-electron chi connectivity index (χ3n) is 3.81. The summed E-state index contributed by atoms with van der Waals surface area (Å²) < 4.78 is 5.45. The second kappa shape index (κ2) is 3.92. The third kappa shape index (κ3) is 2.10. The van der Waals surface area contributed by atoms with Crippen LogP contribution >= 0.6 is 0 Å². The highest BCUT2D eigenvalue weighted by Crippen LogP contribution is 2.45. The average molecular weight is 198 g/mol. The van der Waals surface area contributed by atoms with Gasteiger partial charge in [-0.1, -0.05) is 20.8 Å². The maximum Gasteiger partial charge on any atom is 0.303 e. The van der Waals surface area contributed by atoms with Crippen molar-refractivity contribution < 1.29 is 9.53 Å². The molecule has 1 rings (SSSR count). The van der Waals surface area contributed by atoms with Crippen LogP contribution in [0.2, 0.25) is 0 Å². The molecule has 2 heteroatoms. The SMILES string of the molecule is CC(=O)OC1(C)CCC(C(C)C)C1C. The fraction of sp³-hybridized carbons (Fsp3) is 0.917. The highest BCUT2D eigenvalue weighted by Gasteiger charge is 2.45. The zero-order valence-electron chi connectivity index (χ0n) is 9.96. The molecule has 1 fully saturated rings. The van der Waals surface area contributed by atoms with E-state index < -0.39 is 0 Å². The van der Waals surface area contributed by atoms with Crippen molar-refractivity contribution >= 4 is 5.97 Å². The summed E-state index contributed by atoms with van der Waals surface area (Å²) in [5, 5.41) is 0. The molecule has 1 aliphatic rings. The molecule has 0 aromatic heterocycles. The smallest absolute Gasteiger partial charge is 0.303 e. The van der Waals surface area contributed by atoms with Gasteiger partial charge in [-0.15, -0.1) is 0 Å². The van der Waals surface area contributed by atoms with Crippen molar-refractivity contribution in [3.05, 3.63) is 0 Å². The van der Waals surface area contributed by atoms with E-state index in [2.05, 4.69) is 27.7 Å². The lowest BCUT2D eigenvalue weighted by Crippen LogP contribution is -2.36. The molecule has 0 aromatic carbocycles. The Labute approximate surface area is 87.0 Å². The molecule has 0 bridgehead atoms. The average Bonchev–Trinajstić information content (AvgIpc) is 2.27. The zero-order chi connectivity index (χ0) is 10.9. The molecule has 1 saturated carbocycles. The molecule has 0 spiro atoms. The molecule has 0 N–H and O–H groups in total. The second-order valence-corrected chi connectivity index (χ2v) is 5.14. The Morgan fingerprint density at radius 2 is 2.07 bits per heavy atom. The van der Waals surface area contributed by atoms with Gasteiger partial charge in [0.1, 0.15) is 5.60 Å². The van der Waals surface area contributed by atoms with Crippen LogP contribution in [0.1, 0.15) is 47.5 Å². The number of rotatable bonds is 2. The highest BCUT2D eigenvalue weighted by molar-refractivity contribution is 5.66. The van der Waals surface area contributed by atoms with E-state index in [1.165, 1.54) is 13.3 Å². The van der Waals surface area contributed by atoms with Crippen molar-refractivity contribution in [2.24, 2.45) is 17.8 Å².